The van der Waals surface area contributed by atoms with Gasteiger partial charge in [-0.3, -0.25) is 5.10 Å². The lowest BCUT2D eigenvalue weighted by Gasteiger charge is -2.44. The minimum Gasteiger partial charge on any atom is -0.396 e. The molecule has 1 unspecified atom stereocenters. The molecule has 2 aromatic heterocycles. The topological polar surface area (TPSA) is 81.2 Å². The Bertz CT molecular complexity index is 1420. The van der Waals surface area contributed by atoms with E-state index in [1.54, 1.807) is 0 Å². The van der Waals surface area contributed by atoms with Crippen molar-refractivity contribution in [3.63, 3.8) is 0 Å². The first-order valence-corrected chi connectivity index (χ1v) is 15.6. The van der Waals surface area contributed by atoms with Gasteiger partial charge in [0.15, 0.2) is 5.82 Å². The van der Waals surface area contributed by atoms with E-state index in [0.29, 0.717) is 18.3 Å². The number of aromatic amines is 1. The summed E-state index contributed by atoms with van der Waals surface area (Å²) in [6, 6.07) is 8.23. The molecule has 3 aliphatic rings. The molecule has 6 rings (SSSR count). The van der Waals surface area contributed by atoms with Crippen LogP contribution in [0.15, 0.2) is 59.7 Å². The Kier molecular flexibility index (Phi) is 9.90. The van der Waals surface area contributed by atoms with Crippen LogP contribution in [0.5, 0.6) is 0 Å². The predicted molar refractivity (Wildman–Crippen MR) is 168 cm³/mol. The van der Waals surface area contributed by atoms with Gasteiger partial charge >= 0.3 is 0 Å². The highest BCUT2D eigenvalue weighted by molar-refractivity contribution is 5.68. The molecule has 7 nitrogen and oxygen atoms in total. The summed E-state index contributed by atoms with van der Waals surface area (Å²) in [5.41, 5.74) is 7.74. The van der Waals surface area contributed by atoms with E-state index >= 15 is 0 Å². The second kappa shape index (κ2) is 13.8. The third kappa shape index (κ3) is 7.50. The lowest BCUT2D eigenvalue weighted by Crippen LogP contribution is -2.55. The number of likely N-dealkylation sites (tertiary alicyclic amines) is 1. The molecule has 3 aromatic rings. The Morgan fingerprint density at radius 2 is 2.00 bits per heavy atom. The zero-order valence-electron chi connectivity index (χ0n) is 25.6. The van der Waals surface area contributed by atoms with E-state index in [9.17, 15) is 8.78 Å². The van der Waals surface area contributed by atoms with Crippen LogP contribution in [0.25, 0.3) is 17.5 Å². The van der Waals surface area contributed by atoms with E-state index in [-0.39, 0.29) is 13.1 Å². The van der Waals surface area contributed by atoms with Crippen molar-refractivity contribution >= 4 is 11.9 Å². The zero-order valence-corrected chi connectivity index (χ0v) is 25.6. The maximum absolute atomic E-state index is 13.7. The van der Waals surface area contributed by atoms with Crippen LogP contribution in [0.4, 0.5) is 14.6 Å². The summed E-state index contributed by atoms with van der Waals surface area (Å²) < 4.78 is 27.3. The first kappa shape index (κ1) is 30.9. The van der Waals surface area contributed by atoms with Crippen LogP contribution in [0, 0.1) is 6.92 Å². The van der Waals surface area contributed by atoms with Gasteiger partial charge in [-0.15, -0.1) is 0 Å². The highest BCUT2D eigenvalue weighted by Gasteiger charge is 2.45. The van der Waals surface area contributed by atoms with Gasteiger partial charge in [-0.2, -0.15) is 5.10 Å². The number of anilines is 1. The van der Waals surface area contributed by atoms with Crippen molar-refractivity contribution < 1.29 is 13.9 Å². The van der Waals surface area contributed by atoms with Gasteiger partial charge in [0.25, 0.3) is 5.92 Å². The standard InChI is InChI=1S/C29H32F2N6.C5H12O/c1-19-6-7-22(13-24(19)12-20(2)27(21-4-3-5-21)37-17-29(30,31)18-37)28-32-10-8-26(35-28)36-11-9-23(16-36)25-14-33-34-15-25;1-2-3-4-5-6/h6-8,10,12-15,23H,3-5,9,11,16-18H2,1-2H3,(H,33,34);6H,2-5H2,1H3/b20-12+;. The molecule has 0 spiro atoms. The maximum Gasteiger partial charge on any atom is 0.282 e. The van der Waals surface area contributed by atoms with E-state index in [1.807, 2.05) is 36.5 Å². The van der Waals surface area contributed by atoms with Gasteiger partial charge in [-0.25, -0.2) is 18.7 Å². The van der Waals surface area contributed by atoms with E-state index in [2.05, 4.69) is 58.2 Å². The Morgan fingerprint density at radius 3 is 2.63 bits per heavy atom. The van der Waals surface area contributed by atoms with Crippen molar-refractivity contribution in [1.82, 2.24) is 25.1 Å². The molecule has 1 aromatic carbocycles. The Labute approximate surface area is 253 Å². The number of H-pyrrole nitrogens is 1. The number of nitrogens with zero attached hydrogens (tertiary/aromatic N) is 5. The van der Waals surface area contributed by atoms with Crippen molar-refractivity contribution in [3.05, 3.63) is 76.4 Å². The largest absolute Gasteiger partial charge is 0.396 e. The molecule has 230 valence electrons. The number of aliphatic hydroxyl groups is 1. The van der Waals surface area contributed by atoms with Gasteiger partial charge in [0.05, 0.1) is 19.3 Å². The summed E-state index contributed by atoms with van der Waals surface area (Å²) in [6.07, 6.45) is 15.4. The number of aryl methyl sites for hydroxylation is 1. The van der Waals surface area contributed by atoms with Crippen LogP contribution in [0.2, 0.25) is 0 Å². The number of aliphatic hydroxyl groups excluding tert-OH is 1. The molecule has 43 heavy (non-hydrogen) atoms. The summed E-state index contributed by atoms with van der Waals surface area (Å²) in [4.78, 5) is 13.6. The molecular weight excluding hydrogens is 546 g/mol. The maximum atomic E-state index is 13.7. The zero-order chi connectivity index (χ0) is 30.4. The molecule has 0 bridgehead atoms. The molecule has 0 radical (unpaired) electrons. The lowest BCUT2D eigenvalue weighted by atomic mass is 9.86. The molecule has 2 N–H and O–H groups in total. The number of aromatic nitrogens is 4. The monoisotopic (exact) mass is 590 g/mol. The summed E-state index contributed by atoms with van der Waals surface area (Å²) in [5, 5.41) is 15.2. The number of halogens is 2. The lowest BCUT2D eigenvalue weighted by molar-refractivity contribution is -0.115. The molecular formula is C34H44F2N6O. The van der Waals surface area contributed by atoms with Gasteiger partial charge in [-0.05, 0) is 92.0 Å². The van der Waals surface area contributed by atoms with E-state index in [4.69, 9.17) is 10.1 Å². The van der Waals surface area contributed by atoms with Crippen LogP contribution in [0.1, 0.15) is 81.4 Å². The SMILES string of the molecule is C/C(=C\c1cc(-c2nccc(N3CCC(c4cn[nH]c4)C3)n2)ccc1C)C(=C1CCC1)N1CC(F)(F)C1.CCCCCO. The third-order valence-electron chi connectivity index (χ3n) is 8.64. The number of benzene rings is 1. The summed E-state index contributed by atoms with van der Waals surface area (Å²) in [5.74, 6) is -0.513. The first-order chi connectivity index (χ1) is 20.8. The highest BCUT2D eigenvalue weighted by atomic mass is 19.3. The number of nitrogens with one attached hydrogen (secondary N) is 1. The fourth-order valence-corrected chi connectivity index (χ4v) is 6.00. The van der Waals surface area contributed by atoms with Crippen molar-refractivity contribution in [1.29, 1.82) is 0 Å². The fraction of sp³-hybridized carbons (Fsp3) is 0.500. The Morgan fingerprint density at radius 1 is 1.19 bits per heavy atom. The van der Waals surface area contributed by atoms with Gasteiger partial charge in [-0.1, -0.05) is 31.9 Å². The average Bonchev–Trinajstić information content (AvgIpc) is 3.67. The van der Waals surface area contributed by atoms with Gasteiger partial charge in [0, 0.05) is 49.3 Å². The van der Waals surface area contributed by atoms with Crippen molar-refractivity contribution in [2.75, 3.05) is 37.7 Å². The minimum atomic E-state index is -2.58. The Hall–Kier alpha value is -3.59. The van der Waals surface area contributed by atoms with Crippen LogP contribution in [-0.4, -0.2) is 68.9 Å². The van der Waals surface area contributed by atoms with Crippen molar-refractivity contribution in [3.8, 4) is 11.4 Å². The van der Waals surface area contributed by atoms with Crippen LogP contribution < -0.4 is 4.90 Å². The van der Waals surface area contributed by atoms with Crippen LogP contribution in [0.3, 0.4) is 0 Å². The van der Waals surface area contributed by atoms with Gasteiger partial charge in [0.2, 0.25) is 0 Å². The van der Waals surface area contributed by atoms with Crippen molar-refractivity contribution in [2.24, 2.45) is 0 Å². The van der Waals surface area contributed by atoms with E-state index in [0.717, 1.165) is 85.4 Å². The molecule has 9 heteroatoms. The quantitative estimate of drug-likeness (QED) is 0.258. The first-order valence-electron chi connectivity index (χ1n) is 15.6. The molecule has 1 atom stereocenters. The number of rotatable bonds is 9. The minimum absolute atomic E-state index is 0.186. The number of unbranched alkanes of at least 4 members (excludes halogenated alkanes) is 2. The predicted octanol–water partition coefficient (Wildman–Crippen LogP) is 7.13. The normalized spacial score (nSPS) is 19.4. The molecule has 2 aliphatic heterocycles. The van der Waals surface area contributed by atoms with E-state index in [1.165, 1.54) is 17.6 Å². The van der Waals surface area contributed by atoms with Gasteiger partial charge in [0.1, 0.15) is 5.82 Å². The number of hydrogen-bond donors (Lipinski definition) is 2. The second-order valence-electron chi connectivity index (χ2n) is 12.0. The van der Waals surface area contributed by atoms with E-state index < -0.39 is 5.92 Å². The smallest absolute Gasteiger partial charge is 0.282 e. The van der Waals surface area contributed by atoms with Gasteiger partial charge < -0.3 is 14.9 Å². The van der Waals surface area contributed by atoms with Crippen LogP contribution in [-0.2, 0) is 0 Å². The number of hydrogen-bond acceptors (Lipinski definition) is 6. The summed E-state index contributed by atoms with van der Waals surface area (Å²) >= 11 is 0. The number of allylic oxidation sites excluding steroid dienone is 2. The molecule has 3 fully saturated rings. The molecule has 1 saturated carbocycles. The molecule has 1 aliphatic carbocycles. The third-order valence-corrected chi connectivity index (χ3v) is 8.64. The summed E-state index contributed by atoms with van der Waals surface area (Å²) in [6.45, 7) is 8.08. The summed E-state index contributed by atoms with van der Waals surface area (Å²) in [7, 11) is 0. The molecule has 2 saturated heterocycles. The van der Waals surface area contributed by atoms with Crippen molar-refractivity contribution in [2.45, 2.75) is 77.6 Å². The molecule has 4 heterocycles. The average molecular weight is 591 g/mol. The fourth-order valence-electron chi connectivity index (χ4n) is 6.00. The second-order valence-corrected chi connectivity index (χ2v) is 12.0. The number of alkyl halides is 2. The molecule has 0 amide bonds. The van der Waals surface area contributed by atoms with Crippen LogP contribution >= 0.6 is 0 Å². The Balaban J connectivity index is 0.000000559. The highest BCUT2D eigenvalue weighted by Crippen LogP contribution is 2.40.